The number of fused-ring (bicyclic) bond motifs is 2. The second kappa shape index (κ2) is 15.1. The van der Waals surface area contributed by atoms with Crippen molar-refractivity contribution in [2.45, 2.75) is 76.8 Å². The Bertz CT molecular complexity index is 2030. The Morgan fingerprint density at radius 3 is 2.40 bits per heavy atom. The second-order valence-electron chi connectivity index (χ2n) is 15.4. The number of hydrogen-bond acceptors (Lipinski definition) is 8. The monoisotopic (exact) mass is 757 g/mol. The van der Waals surface area contributed by atoms with Crippen LogP contribution < -0.4 is 14.4 Å². The first-order chi connectivity index (χ1) is 26.3. The quantitative estimate of drug-likeness (QED) is 0.178. The van der Waals surface area contributed by atoms with Gasteiger partial charge in [-0.25, -0.2) is 14.8 Å². The number of pyridine rings is 2. The van der Waals surface area contributed by atoms with Crippen molar-refractivity contribution < 1.29 is 37.0 Å². The van der Waals surface area contributed by atoms with E-state index in [2.05, 4.69) is 4.98 Å². The number of aromatic nitrogens is 2. The van der Waals surface area contributed by atoms with Crippen LogP contribution in [0.15, 0.2) is 79.0 Å². The standard InChI is InChI=1S/C42H46F3N5O5/c1-5-53-37-30(13-10-21-46-37)32-17-16-31-36(47-32)38(51)50(29-18-22-49(25-29)39(52)55-40(2,3)4)27-41(31)19-23-48(24-20-41)33-14-9-15-34(35(33)42(43,44)45)54-26-28-11-7-6-8-12-28/h6-17,21,29H,5,18-20,22-27H2,1-4H3/t29-/m0/s1. The fourth-order valence-electron chi connectivity index (χ4n) is 7.97. The van der Waals surface area contributed by atoms with Crippen LogP contribution >= 0.6 is 0 Å². The molecule has 0 N–H and O–H groups in total. The number of carbonyl (C=O) groups is 2. The lowest BCUT2D eigenvalue weighted by molar-refractivity contribution is -0.138. The fraction of sp³-hybridized carbons (Fsp3) is 0.429. The molecule has 0 radical (unpaired) electrons. The lowest BCUT2D eigenvalue weighted by atomic mass is 9.69. The highest BCUT2D eigenvalue weighted by atomic mass is 19.4. The van der Waals surface area contributed by atoms with Gasteiger partial charge in [0, 0.05) is 44.3 Å². The molecule has 3 aliphatic heterocycles. The highest BCUT2D eigenvalue weighted by Crippen LogP contribution is 2.48. The van der Waals surface area contributed by atoms with E-state index in [1.165, 1.54) is 12.1 Å². The second-order valence-corrected chi connectivity index (χ2v) is 15.4. The molecular weight excluding hydrogens is 711 g/mol. The van der Waals surface area contributed by atoms with Gasteiger partial charge in [0.1, 0.15) is 29.2 Å². The summed E-state index contributed by atoms with van der Waals surface area (Å²) < 4.78 is 61.7. The van der Waals surface area contributed by atoms with Crippen molar-refractivity contribution in [2.75, 3.05) is 44.2 Å². The van der Waals surface area contributed by atoms with Crippen LogP contribution in [0.25, 0.3) is 11.3 Å². The van der Waals surface area contributed by atoms with Crippen molar-refractivity contribution >= 4 is 17.7 Å². The number of piperidine rings is 1. The van der Waals surface area contributed by atoms with Gasteiger partial charge >= 0.3 is 12.3 Å². The summed E-state index contributed by atoms with van der Waals surface area (Å²) in [4.78, 5) is 42.1. The van der Waals surface area contributed by atoms with Crippen LogP contribution in [0.2, 0.25) is 0 Å². The molecule has 2 saturated heterocycles. The van der Waals surface area contributed by atoms with Crippen molar-refractivity contribution in [3.05, 3.63) is 101 Å². The van der Waals surface area contributed by atoms with Crippen LogP contribution in [-0.4, -0.2) is 82.7 Å². The average Bonchev–Trinajstić information content (AvgIpc) is 3.66. The first kappa shape index (κ1) is 38.0. The summed E-state index contributed by atoms with van der Waals surface area (Å²) in [6.07, 6.45) is -1.96. The van der Waals surface area contributed by atoms with Gasteiger partial charge in [-0.3, -0.25) is 4.79 Å². The van der Waals surface area contributed by atoms with Crippen molar-refractivity contribution in [1.29, 1.82) is 0 Å². The molecule has 290 valence electrons. The zero-order chi connectivity index (χ0) is 39.0. The van der Waals surface area contributed by atoms with Crippen LogP contribution in [0.4, 0.5) is 23.7 Å². The molecule has 10 nitrogen and oxygen atoms in total. The van der Waals surface area contributed by atoms with E-state index >= 15 is 0 Å². The Morgan fingerprint density at radius 1 is 0.927 bits per heavy atom. The molecule has 0 bridgehead atoms. The van der Waals surface area contributed by atoms with Crippen LogP contribution in [0.3, 0.4) is 0 Å². The molecule has 0 aliphatic carbocycles. The summed E-state index contributed by atoms with van der Waals surface area (Å²) in [6.45, 7) is 9.41. The highest BCUT2D eigenvalue weighted by Gasteiger charge is 2.50. The van der Waals surface area contributed by atoms with E-state index in [1.54, 1.807) is 28.1 Å². The molecule has 3 aliphatic rings. The van der Waals surface area contributed by atoms with E-state index in [1.807, 2.05) is 81.1 Å². The maximum absolute atomic E-state index is 14.8. The number of alkyl halides is 3. The third-order valence-corrected chi connectivity index (χ3v) is 10.6. The molecule has 2 fully saturated rings. The number of anilines is 1. The number of halogens is 3. The maximum atomic E-state index is 14.8. The minimum Gasteiger partial charge on any atom is -0.488 e. The van der Waals surface area contributed by atoms with Gasteiger partial charge in [-0.1, -0.05) is 42.5 Å². The summed E-state index contributed by atoms with van der Waals surface area (Å²) in [6, 6.07) is 20.7. The SMILES string of the molecule is CCOc1ncccc1-c1ccc2c(n1)C(=O)N([C@H]1CCN(C(=O)OC(C)(C)C)C1)CC21CCN(c2cccc(OCc3ccccc3)c2C(F)(F)F)CC1. The van der Waals surface area contributed by atoms with Crippen molar-refractivity contribution in [2.24, 2.45) is 0 Å². The number of rotatable bonds is 8. The van der Waals surface area contributed by atoms with Gasteiger partial charge in [0.2, 0.25) is 5.88 Å². The summed E-state index contributed by atoms with van der Waals surface area (Å²) >= 11 is 0. The molecule has 0 unspecified atom stereocenters. The molecule has 7 rings (SSSR count). The minimum atomic E-state index is -4.66. The number of carbonyl (C=O) groups excluding carboxylic acids is 2. The number of ether oxygens (including phenoxy) is 3. The van der Waals surface area contributed by atoms with E-state index in [0.29, 0.717) is 81.4 Å². The van der Waals surface area contributed by atoms with Gasteiger partial charge in [-0.2, -0.15) is 13.2 Å². The van der Waals surface area contributed by atoms with Crippen molar-refractivity contribution in [3.63, 3.8) is 0 Å². The third-order valence-electron chi connectivity index (χ3n) is 10.6. The molecule has 1 atom stereocenters. The lowest BCUT2D eigenvalue weighted by Crippen LogP contribution is -2.57. The molecule has 1 spiro atoms. The summed E-state index contributed by atoms with van der Waals surface area (Å²) in [5.74, 6) is -0.0616. The molecule has 13 heteroatoms. The van der Waals surface area contributed by atoms with E-state index in [9.17, 15) is 22.8 Å². The van der Waals surface area contributed by atoms with Gasteiger partial charge in [-0.05, 0) is 88.4 Å². The van der Waals surface area contributed by atoms with Crippen LogP contribution in [-0.2, 0) is 22.9 Å². The lowest BCUT2D eigenvalue weighted by Gasteiger charge is -2.50. The Kier molecular flexibility index (Phi) is 10.4. The number of nitrogens with zero attached hydrogens (tertiary/aromatic N) is 5. The molecule has 5 heterocycles. The molecule has 4 aromatic rings. The topological polar surface area (TPSA) is 97.3 Å². The van der Waals surface area contributed by atoms with E-state index in [0.717, 1.165) is 11.1 Å². The Hall–Kier alpha value is -5.33. The van der Waals surface area contributed by atoms with Gasteiger partial charge in [0.05, 0.1) is 29.6 Å². The molecule has 2 amide bonds. The van der Waals surface area contributed by atoms with Gasteiger partial charge in [0.15, 0.2) is 0 Å². The van der Waals surface area contributed by atoms with E-state index in [-0.39, 0.29) is 30.0 Å². The van der Waals surface area contributed by atoms with E-state index < -0.39 is 28.8 Å². The average molecular weight is 758 g/mol. The predicted molar refractivity (Wildman–Crippen MR) is 201 cm³/mol. The number of likely N-dealkylation sites (tertiary alicyclic amines) is 1. The molecular formula is C42H46F3N5O5. The van der Waals surface area contributed by atoms with Crippen LogP contribution in [0.1, 0.15) is 74.1 Å². The molecule has 55 heavy (non-hydrogen) atoms. The van der Waals surface area contributed by atoms with Crippen LogP contribution in [0.5, 0.6) is 11.6 Å². The third kappa shape index (κ3) is 7.92. The van der Waals surface area contributed by atoms with Crippen LogP contribution in [0, 0.1) is 0 Å². The molecule has 0 saturated carbocycles. The summed E-state index contributed by atoms with van der Waals surface area (Å²) in [7, 11) is 0. The van der Waals surface area contributed by atoms with Crippen molar-refractivity contribution in [1.82, 2.24) is 19.8 Å². The zero-order valence-corrected chi connectivity index (χ0v) is 31.6. The first-order valence-electron chi connectivity index (χ1n) is 18.8. The normalized spacial score (nSPS) is 18.3. The predicted octanol–water partition coefficient (Wildman–Crippen LogP) is 8.14. The largest absolute Gasteiger partial charge is 0.488 e. The Balaban J connectivity index is 1.21. The first-order valence-corrected chi connectivity index (χ1v) is 18.8. The fourth-order valence-corrected chi connectivity index (χ4v) is 7.97. The smallest absolute Gasteiger partial charge is 0.421 e. The van der Waals surface area contributed by atoms with E-state index in [4.69, 9.17) is 19.2 Å². The van der Waals surface area contributed by atoms with Gasteiger partial charge in [-0.15, -0.1) is 0 Å². The number of hydrogen-bond donors (Lipinski definition) is 0. The van der Waals surface area contributed by atoms with Gasteiger partial charge < -0.3 is 28.9 Å². The molecule has 2 aromatic heterocycles. The summed E-state index contributed by atoms with van der Waals surface area (Å²) in [5.41, 5.74) is 1.01. The zero-order valence-electron chi connectivity index (χ0n) is 31.6. The number of benzene rings is 2. The molecule has 2 aromatic carbocycles. The van der Waals surface area contributed by atoms with Crippen molar-refractivity contribution in [3.8, 4) is 22.9 Å². The van der Waals surface area contributed by atoms with Gasteiger partial charge in [0.25, 0.3) is 5.91 Å². The number of amides is 2. The maximum Gasteiger partial charge on any atom is 0.421 e. The Morgan fingerprint density at radius 2 is 1.69 bits per heavy atom. The Labute approximate surface area is 319 Å². The summed E-state index contributed by atoms with van der Waals surface area (Å²) in [5, 5.41) is 0. The highest BCUT2D eigenvalue weighted by molar-refractivity contribution is 5.96. The minimum absolute atomic E-state index is 0.00372.